The molecule has 0 aliphatic carbocycles. The largest absolute Gasteiger partial charge is 0.490 e. The summed E-state index contributed by atoms with van der Waals surface area (Å²) in [6, 6.07) is 9.13. The highest BCUT2D eigenvalue weighted by Gasteiger charge is 2.25. The van der Waals surface area contributed by atoms with Crippen LogP contribution in [0.25, 0.3) is 0 Å². The second-order valence-electron chi connectivity index (χ2n) is 7.36. The molecule has 0 aliphatic rings. The van der Waals surface area contributed by atoms with Gasteiger partial charge in [0.1, 0.15) is 18.9 Å². The highest BCUT2D eigenvalue weighted by Crippen LogP contribution is 2.39. The maximum Gasteiger partial charge on any atom is 0.421 e. The molecule has 36 heavy (non-hydrogen) atoms. The summed E-state index contributed by atoms with van der Waals surface area (Å²) in [6.45, 7) is 0.236. The zero-order valence-electron chi connectivity index (χ0n) is 19.2. The molecule has 0 unspecified atom stereocenters. The summed E-state index contributed by atoms with van der Waals surface area (Å²) in [5, 5.41) is 9.37. The number of amides is 2. The minimum atomic E-state index is -4.12. The first-order valence-corrected chi connectivity index (χ1v) is 13.4. The number of hydrogen-bond acceptors (Lipinski definition) is 7. The fraction of sp³-hybridized carbons (Fsp3) is 0.318. The molecule has 0 bridgehead atoms. The van der Waals surface area contributed by atoms with Crippen LogP contribution in [0.15, 0.2) is 36.4 Å². The molecule has 1 N–H and O–H groups in total. The summed E-state index contributed by atoms with van der Waals surface area (Å²) in [5.74, 6) is -0.176. The van der Waals surface area contributed by atoms with Crippen LogP contribution in [0.3, 0.4) is 0 Å². The van der Waals surface area contributed by atoms with Crippen molar-refractivity contribution >= 4 is 74.0 Å². The van der Waals surface area contributed by atoms with Crippen LogP contribution < -0.4 is 14.4 Å². The van der Waals surface area contributed by atoms with Crippen molar-refractivity contribution in [3.05, 3.63) is 46.4 Å². The number of ketones is 1. The average molecular weight is 582 g/mol. The minimum absolute atomic E-state index is 0.0248. The molecule has 0 aromatic heterocycles. The first-order valence-electron chi connectivity index (χ1n) is 10.3. The third-order valence-corrected chi connectivity index (χ3v) is 6.42. The number of anilines is 2. The number of nitrogens with zero attached hydrogens (tertiary/aromatic N) is 2. The van der Waals surface area contributed by atoms with Crippen LogP contribution in [0.2, 0.25) is 10.0 Å². The number of alkyl halides is 1. The van der Waals surface area contributed by atoms with Gasteiger partial charge in [0.2, 0.25) is 15.9 Å². The SMILES string of the molecule is CC(=O)N(c1ccc(OCC(=O)CN(C(=O)O)S(C)(=O)=O)cc1)c1cc(Cl)c(OCCCCl)c(Cl)c1. The van der Waals surface area contributed by atoms with Gasteiger partial charge in [-0.1, -0.05) is 23.2 Å². The lowest BCUT2D eigenvalue weighted by Crippen LogP contribution is -2.40. The Morgan fingerprint density at radius 2 is 1.58 bits per heavy atom. The van der Waals surface area contributed by atoms with Gasteiger partial charge in [-0.05, 0) is 42.8 Å². The Morgan fingerprint density at radius 1 is 1.00 bits per heavy atom. The molecule has 2 aromatic rings. The Labute approximate surface area is 223 Å². The molecule has 14 heteroatoms. The molecule has 0 heterocycles. The van der Waals surface area contributed by atoms with E-state index in [2.05, 4.69) is 0 Å². The molecule has 0 atom stereocenters. The van der Waals surface area contributed by atoms with Crippen LogP contribution in [0.5, 0.6) is 11.5 Å². The fourth-order valence-electron chi connectivity index (χ4n) is 2.94. The van der Waals surface area contributed by atoms with Gasteiger partial charge in [0.25, 0.3) is 0 Å². The highest BCUT2D eigenvalue weighted by atomic mass is 35.5. The second-order valence-corrected chi connectivity index (χ2v) is 10.5. The summed E-state index contributed by atoms with van der Waals surface area (Å²) in [6.07, 6.45) is -0.489. The molecule has 2 aromatic carbocycles. The van der Waals surface area contributed by atoms with Crippen molar-refractivity contribution in [1.82, 2.24) is 4.31 Å². The van der Waals surface area contributed by atoms with Crippen molar-refractivity contribution in [3.63, 3.8) is 0 Å². The quantitative estimate of drug-likeness (QED) is 0.285. The van der Waals surface area contributed by atoms with E-state index in [1.807, 2.05) is 0 Å². The lowest BCUT2D eigenvalue weighted by molar-refractivity contribution is -0.121. The maximum atomic E-state index is 12.4. The summed E-state index contributed by atoms with van der Waals surface area (Å²) < 4.78 is 33.8. The molecule has 0 fully saturated rings. The molecular weight excluding hydrogens is 559 g/mol. The molecule has 2 amide bonds. The number of rotatable bonds is 12. The summed E-state index contributed by atoms with van der Waals surface area (Å²) in [5.41, 5.74) is 0.832. The van der Waals surface area contributed by atoms with Gasteiger partial charge >= 0.3 is 6.09 Å². The van der Waals surface area contributed by atoms with Crippen molar-refractivity contribution in [3.8, 4) is 11.5 Å². The number of carbonyl (C=O) groups excluding carboxylic acids is 2. The third kappa shape index (κ3) is 8.16. The molecule has 0 aliphatic heterocycles. The smallest absolute Gasteiger partial charge is 0.421 e. The fourth-order valence-corrected chi connectivity index (χ4v) is 4.30. The van der Waals surface area contributed by atoms with Crippen LogP contribution in [0, 0.1) is 0 Å². The average Bonchev–Trinajstić information content (AvgIpc) is 2.77. The highest BCUT2D eigenvalue weighted by molar-refractivity contribution is 7.88. The van der Waals surface area contributed by atoms with E-state index in [0.29, 0.717) is 36.5 Å². The number of sulfonamides is 1. The van der Waals surface area contributed by atoms with Crippen LogP contribution in [-0.2, 0) is 19.6 Å². The van der Waals surface area contributed by atoms with Gasteiger partial charge in [0.15, 0.2) is 11.5 Å². The Hall–Kier alpha value is -2.73. The molecule has 2 rings (SSSR count). The number of carbonyl (C=O) groups is 3. The number of carboxylic acid groups (broad SMARTS) is 1. The van der Waals surface area contributed by atoms with E-state index < -0.39 is 35.1 Å². The minimum Gasteiger partial charge on any atom is -0.490 e. The van der Waals surface area contributed by atoms with E-state index in [-0.39, 0.29) is 31.8 Å². The summed E-state index contributed by atoms with van der Waals surface area (Å²) >= 11 is 18.3. The van der Waals surface area contributed by atoms with Crippen molar-refractivity contribution in [2.75, 3.05) is 36.8 Å². The standard InChI is InChI=1S/C22H23Cl3N2O8S/c1-14(28)27(16-10-19(24)21(20(25)11-16)34-9-3-8-23)15-4-6-18(7-5-15)35-13-17(29)12-26(22(30)31)36(2,32)33/h4-7,10-11H,3,8-9,12-13H2,1-2H3,(H,30,31). The maximum absolute atomic E-state index is 12.4. The predicted octanol–water partition coefficient (Wildman–Crippen LogP) is 4.57. The van der Waals surface area contributed by atoms with Gasteiger partial charge in [-0.2, -0.15) is 4.31 Å². The summed E-state index contributed by atoms with van der Waals surface area (Å²) in [4.78, 5) is 36.8. The van der Waals surface area contributed by atoms with E-state index in [4.69, 9.17) is 49.4 Å². The lowest BCUT2D eigenvalue weighted by atomic mass is 10.2. The summed E-state index contributed by atoms with van der Waals surface area (Å²) in [7, 11) is -4.12. The Kier molecular flexibility index (Phi) is 10.7. The van der Waals surface area contributed by atoms with Crippen LogP contribution in [0.4, 0.5) is 16.2 Å². The van der Waals surface area contributed by atoms with E-state index in [1.165, 1.54) is 36.1 Å². The van der Waals surface area contributed by atoms with E-state index in [0.717, 1.165) is 0 Å². The van der Waals surface area contributed by atoms with Crippen molar-refractivity contribution in [1.29, 1.82) is 0 Å². The number of hydrogen-bond donors (Lipinski definition) is 1. The number of halogens is 3. The second kappa shape index (κ2) is 13.0. The molecule has 0 spiro atoms. The first-order chi connectivity index (χ1) is 16.8. The van der Waals surface area contributed by atoms with E-state index >= 15 is 0 Å². The topological polar surface area (TPSA) is 131 Å². The lowest BCUT2D eigenvalue weighted by Gasteiger charge is -2.23. The molecule has 0 saturated carbocycles. The zero-order valence-corrected chi connectivity index (χ0v) is 22.3. The van der Waals surface area contributed by atoms with Crippen LogP contribution in [-0.4, -0.2) is 67.5 Å². The van der Waals surface area contributed by atoms with E-state index in [9.17, 15) is 22.8 Å². The van der Waals surface area contributed by atoms with Crippen molar-refractivity contribution in [2.45, 2.75) is 13.3 Å². The zero-order chi connectivity index (χ0) is 27.0. The Balaban J connectivity index is 2.15. The van der Waals surface area contributed by atoms with Gasteiger partial charge in [0.05, 0.1) is 28.6 Å². The first kappa shape index (κ1) is 29.5. The third-order valence-electron chi connectivity index (χ3n) is 4.51. The molecule has 0 radical (unpaired) electrons. The molecular formula is C22H23Cl3N2O8S. The molecule has 10 nitrogen and oxygen atoms in total. The van der Waals surface area contributed by atoms with Gasteiger partial charge in [-0.15, -0.1) is 11.6 Å². The normalized spacial score (nSPS) is 11.0. The van der Waals surface area contributed by atoms with Crippen molar-refractivity contribution < 1.29 is 37.4 Å². The predicted molar refractivity (Wildman–Crippen MR) is 137 cm³/mol. The number of ether oxygens (including phenoxy) is 2. The van der Waals surface area contributed by atoms with Gasteiger partial charge < -0.3 is 14.6 Å². The van der Waals surface area contributed by atoms with Gasteiger partial charge in [0, 0.05) is 18.5 Å². The van der Waals surface area contributed by atoms with E-state index in [1.54, 1.807) is 12.1 Å². The van der Waals surface area contributed by atoms with Gasteiger partial charge in [-0.25, -0.2) is 13.2 Å². The van der Waals surface area contributed by atoms with Gasteiger partial charge in [-0.3, -0.25) is 14.5 Å². The molecule has 196 valence electrons. The van der Waals surface area contributed by atoms with Crippen molar-refractivity contribution in [2.24, 2.45) is 0 Å². The van der Waals surface area contributed by atoms with Crippen LogP contribution >= 0.6 is 34.8 Å². The molecule has 0 saturated heterocycles. The van der Waals surface area contributed by atoms with Crippen LogP contribution in [0.1, 0.15) is 13.3 Å². The Bertz CT molecular complexity index is 1200. The monoisotopic (exact) mass is 580 g/mol. The number of Topliss-reactive ketones (excluding diaryl/α,β-unsaturated/α-hetero) is 1. The number of benzene rings is 2. The Morgan fingerprint density at radius 3 is 2.06 bits per heavy atom.